The van der Waals surface area contributed by atoms with E-state index >= 15 is 0 Å². The van der Waals surface area contributed by atoms with Gasteiger partial charge in [0.2, 0.25) is 10.0 Å². The van der Waals surface area contributed by atoms with Crippen LogP contribution in [0.3, 0.4) is 0 Å². The Morgan fingerprint density at radius 1 is 1.38 bits per heavy atom. The smallest absolute Gasteiger partial charge is 0.223 e. The lowest BCUT2D eigenvalue weighted by Crippen LogP contribution is -2.36. The monoisotopic (exact) mass is 227 g/mol. The van der Waals surface area contributed by atoms with Gasteiger partial charge in [0.25, 0.3) is 0 Å². The van der Waals surface area contributed by atoms with Crippen LogP contribution in [0.15, 0.2) is 12.0 Å². The molecule has 78 valence electrons. The van der Waals surface area contributed by atoms with Crippen molar-refractivity contribution in [2.24, 2.45) is 0 Å². The van der Waals surface area contributed by atoms with Gasteiger partial charge in [0, 0.05) is 12.0 Å². The molecule has 1 unspecified atom stereocenters. The second kappa shape index (κ2) is 4.21. The summed E-state index contributed by atoms with van der Waals surface area (Å²) in [6.45, 7) is 5.89. The van der Waals surface area contributed by atoms with E-state index in [1.54, 1.807) is 6.92 Å². The molecule has 0 saturated carbocycles. The van der Waals surface area contributed by atoms with Crippen LogP contribution in [0.5, 0.6) is 0 Å². The van der Waals surface area contributed by atoms with Gasteiger partial charge in [-0.1, -0.05) is 13.5 Å². The van der Waals surface area contributed by atoms with Gasteiger partial charge >= 0.3 is 0 Å². The first-order valence-electron chi connectivity index (χ1n) is 3.62. The predicted octanol–water partition coefficient (Wildman–Crippen LogP) is -0.170. The van der Waals surface area contributed by atoms with Gasteiger partial charge in [0.1, 0.15) is 0 Å². The average Bonchev–Trinajstić information content (AvgIpc) is 2.03. The van der Waals surface area contributed by atoms with Crippen LogP contribution in [0.2, 0.25) is 0 Å². The van der Waals surface area contributed by atoms with Crippen molar-refractivity contribution in [2.75, 3.05) is 6.54 Å². The van der Waals surface area contributed by atoms with Crippen LogP contribution in [0.25, 0.3) is 0 Å². The maximum absolute atomic E-state index is 11.2. The average molecular weight is 227 g/mol. The number of hydrogen-bond donors (Lipinski definition) is 1. The zero-order valence-corrected chi connectivity index (χ0v) is 9.15. The third-order valence-electron chi connectivity index (χ3n) is 1.48. The van der Waals surface area contributed by atoms with Crippen molar-refractivity contribution < 1.29 is 16.8 Å². The molecule has 0 amide bonds. The van der Waals surface area contributed by atoms with E-state index < -0.39 is 24.4 Å². The molecule has 0 aromatic heterocycles. The minimum absolute atomic E-state index is 0.166. The first-order valence-corrected chi connectivity index (χ1v) is 6.78. The van der Waals surface area contributed by atoms with Crippen molar-refractivity contribution in [1.29, 1.82) is 0 Å². The van der Waals surface area contributed by atoms with Crippen molar-refractivity contribution in [3.8, 4) is 0 Å². The van der Waals surface area contributed by atoms with Crippen LogP contribution in [-0.2, 0) is 19.9 Å². The Hall–Kier alpha value is -0.400. The third-order valence-corrected chi connectivity index (χ3v) is 6.00. The van der Waals surface area contributed by atoms with E-state index in [1.165, 1.54) is 0 Å². The van der Waals surface area contributed by atoms with E-state index in [-0.39, 0.29) is 6.54 Å². The number of nitrogens with one attached hydrogen (secondary N) is 1. The number of sulfone groups is 1. The highest BCUT2D eigenvalue weighted by Gasteiger charge is 2.30. The maximum Gasteiger partial charge on any atom is 0.229 e. The molecule has 7 heteroatoms. The van der Waals surface area contributed by atoms with Crippen LogP contribution in [-0.4, -0.2) is 28.0 Å². The standard InChI is InChI=1S/C6H13NO4S2/c1-4-7-13(10,11)6(3)12(8,9)5-2/h5-7H,2,4H2,1,3H3. The fourth-order valence-corrected chi connectivity index (χ4v) is 3.39. The normalized spacial score (nSPS) is 15.2. The van der Waals surface area contributed by atoms with E-state index in [2.05, 4.69) is 11.3 Å². The highest BCUT2D eigenvalue weighted by atomic mass is 32.3. The molecule has 0 fully saturated rings. The summed E-state index contributed by atoms with van der Waals surface area (Å²) in [5, 5.41) is 0.645. The molecule has 0 aromatic rings. The Labute approximate surface area is 78.8 Å². The lowest BCUT2D eigenvalue weighted by molar-refractivity contribution is 0.573. The Bertz CT molecular complexity index is 367. The molecule has 1 atom stereocenters. The summed E-state index contributed by atoms with van der Waals surface area (Å²) in [6.07, 6.45) is 0. The molecule has 0 aliphatic carbocycles. The van der Waals surface area contributed by atoms with E-state index in [4.69, 9.17) is 0 Å². The van der Waals surface area contributed by atoms with Crippen LogP contribution in [0.4, 0.5) is 0 Å². The molecular formula is C6H13NO4S2. The number of rotatable bonds is 5. The molecule has 1 N–H and O–H groups in total. The highest BCUT2D eigenvalue weighted by molar-refractivity contribution is 8.09. The number of hydrogen-bond acceptors (Lipinski definition) is 4. The Balaban J connectivity index is 5.02. The van der Waals surface area contributed by atoms with E-state index in [9.17, 15) is 16.8 Å². The summed E-state index contributed by atoms with van der Waals surface area (Å²) in [5.41, 5.74) is 0. The predicted molar refractivity (Wildman–Crippen MR) is 51.2 cm³/mol. The molecule has 0 aliphatic rings. The Morgan fingerprint density at radius 2 is 1.85 bits per heavy atom. The van der Waals surface area contributed by atoms with Gasteiger partial charge in [-0.15, -0.1) is 0 Å². The molecule has 0 aromatic carbocycles. The van der Waals surface area contributed by atoms with E-state index in [1.807, 2.05) is 0 Å². The second-order valence-electron chi connectivity index (χ2n) is 2.37. The maximum atomic E-state index is 11.2. The SMILES string of the molecule is C=CS(=O)(=O)C(C)S(=O)(=O)NCC. The summed E-state index contributed by atoms with van der Waals surface area (Å²) in [4.78, 5) is 0. The topological polar surface area (TPSA) is 80.3 Å². The van der Waals surface area contributed by atoms with Gasteiger partial charge in [-0.3, -0.25) is 0 Å². The van der Waals surface area contributed by atoms with Crippen LogP contribution < -0.4 is 4.72 Å². The number of sulfonamides is 1. The van der Waals surface area contributed by atoms with E-state index in [0.29, 0.717) is 5.41 Å². The Morgan fingerprint density at radius 3 is 2.15 bits per heavy atom. The summed E-state index contributed by atoms with van der Waals surface area (Å²) >= 11 is 0. The lowest BCUT2D eigenvalue weighted by atomic mass is 10.8. The van der Waals surface area contributed by atoms with Gasteiger partial charge in [-0.2, -0.15) is 0 Å². The van der Waals surface area contributed by atoms with Gasteiger partial charge < -0.3 is 0 Å². The van der Waals surface area contributed by atoms with Gasteiger partial charge in [0.15, 0.2) is 14.4 Å². The molecule has 5 nitrogen and oxygen atoms in total. The van der Waals surface area contributed by atoms with Crippen molar-refractivity contribution in [2.45, 2.75) is 18.4 Å². The minimum atomic E-state index is -3.79. The van der Waals surface area contributed by atoms with Crippen molar-refractivity contribution in [1.82, 2.24) is 4.72 Å². The molecule has 0 saturated heterocycles. The van der Waals surface area contributed by atoms with Gasteiger partial charge in [-0.25, -0.2) is 21.6 Å². The largest absolute Gasteiger partial charge is 0.229 e. The first kappa shape index (κ1) is 12.6. The Kier molecular flexibility index (Phi) is 4.08. The molecule has 13 heavy (non-hydrogen) atoms. The molecule has 0 bridgehead atoms. The fourth-order valence-electron chi connectivity index (χ4n) is 0.631. The van der Waals surface area contributed by atoms with Gasteiger partial charge in [-0.05, 0) is 6.92 Å². The zero-order chi connectivity index (χ0) is 10.7. The van der Waals surface area contributed by atoms with Gasteiger partial charge in [0.05, 0.1) is 0 Å². The molecule has 0 spiro atoms. The molecule has 0 rings (SSSR count). The summed E-state index contributed by atoms with van der Waals surface area (Å²) < 4.78 is 45.2. The van der Waals surface area contributed by atoms with Crippen LogP contribution >= 0.6 is 0 Å². The molecule has 0 aliphatic heterocycles. The van der Waals surface area contributed by atoms with Crippen molar-refractivity contribution in [3.63, 3.8) is 0 Å². The fraction of sp³-hybridized carbons (Fsp3) is 0.667. The molecule has 0 heterocycles. The minimum Gasteiger partial charge on any atom is -0.223 e. The quantitative estimate of drug-likeness (QED) is 0.707. The van der Waals surface area contributed by atoms with Crippen molar-refractivity contribution in [3.05, 3.63) is 12.0 Å². The van der Waals surface area contributed by atoms with Crippen LogP contribution in [0.1, 0.15) is 13.8 Å². The third kappa shape index (κ3) is 3.09. The van der Waals surface area contributed by atoms with E-state index in [0.717, 1.165) is 6.92 Å². The van der Waals surface area contributed by atoms with Crippen molar-refractivity contribution >= 4 is 19.9 Å². The van der Waals surface area contributed by atoms with Crippen LogP contribution in [0, 0.1) is 0 Å². The first-order chi connectivity index (χ1) is 5.78. The molecular weight excluding hydrogens is 214 g/mol. The lowest BCUT2D eigenvalue weighted by Gasteiger charge is -2.10. The summed E-state index contributed by atoms with van der Waals surface area (Å²) in [7, 11) is -7.55. The molecule has 0 radical (unpaired) electrons. The highest BCUT2D eigenvalue weighted by Crippen LogP contribution is 2.08. The summed E-state index contributed by atoms with van der Waals surface area (Å²) in [5.74, 6) is 0. The zero-order valence-electron chi connectivity index (χ0n) is 7.52. The second-order valence-corrected chi connectivity index (χ2v) is 6.97. The summed E-state index contributed by atoms with van der Waals surface area (Å²) in [6, 6.07) is 0.